The first-order valence-electron chi connectivity index (χ1n) is 6.90. The first-order chi connectivity index (χ1) is 9.83. The van der Waals surface area contributed by atoms with Crippen molar-refractivity contribution in [1.82, 2.24) is 10.2 Å². The van der Waals surface area contributed by atoms with Gasteiger partial charge in [0.25, 0.3) is 0 Å². The quantitative estimate of drug-likeness (QED) is 0.920. The van der Waals surface area contributed by atoms with Crippen LogP contribution in [0.2, 0.25) is 0 Å². The molecular weight excluding hydrogens is 272 g/mol. The van der Waals surface area contributed by atoms with E-state index in [0.717, 1.165) is 25.1 Å². The molecule has 20 heavy (non-hydrogen) atoms. The maximum atomic E-state index is 12.6. The minimum absolute atomic E-state index is 0.0371. The van der Waals surface area contributed by atoms with Crippen LogP contribution >= 0.6 is 11.3 Å². The van der Waals surface area contributed by atoms with Crippen LogP contribution in [0.4, 0.5) is 0 Å². The number of carbonyl (C=O) groups is 1. The van der Waals surface area contributed by atoms with Crippen molar-refractivity contribution in [3.63, 3.8) is 0 Å². The standard InChI is InChI=1S/C15H18N2O2S/c18-15(14-6-1-7-16-14)17(10-12-4-2-8-19-12)11-13-5-3-9-20-13/h2-5,8-9,14,16H,1,6-7,10-11H2/t14-/m1/s1. The van der Waals surface area contributed by atoms with Crippen molar-refractivity contribution < 1.29 is 9.21 Å². The van der Waals surface area contributed by atoms with Gasteiger partial charge in [0.1, 0.15) is 5.76 Å². The molecule has 1 aliphatic heterocycles. The fraction of sp³-hybridized carbons (Fsp3) is 0.400. The third-order valence-electron chi connectivity index (χ3n) is 3.52. The molecule has 2 aromatic heterocycles. The molecular formula is C15H18N2O2S. The Balaban J connectivity index is 1.73. The van der Waals surface area contributed by atoms with Crippen LogP contribution < -0.4 is 5.32 Å². The molecule has 0 saturated carbocycles. The summed E-state index contributed by atoms with van der Waals surface area (Å²) in [5.74, 6) is 1.00. The zero-order chi connectivity index (χ0) is 13.8. The number of nitrogens with zero attached hydrogens (tertiary/aromatic N) is 1. The van der Waals surface area contributed by atoms with Crippen molar-refractivity contribution in [3.05, 3.63) is 46.5 Å². The van der Waals surface area contributed by atoms with Crippen molar-refractivity contribution in [1.29, 1.82) is 0 Å². The lowest BCUT2D eigenvalue weighted by Crippen LogP contribution is -2.42. The second-order valence-corrected chi connectivity index (χ2v) is 6.03. The van der Waals surface area contributed by atoms with Crippen LogP contribution in [0.5, 0.6) is 0 Å². The van der Waals surface area contributed by atoms with Crippen LogP contribution in [-0.4, -0.2) is 23.4 Å². The minimum Gasteiger partial charge on any atom is -0.467 e. The SMILES string of the molecule is O=C([C@H]1CCCN1)N(Cc1ccco1)Cc1cccs1. The summed E-state index contributed by atoms with van der Waals surface area (Å²) < 4.78 is 5.39. The predicted octanol–water partition coefficient (Wildman–Crippen LogP) is 2.62. The summed E-state index contributed by atoms with van der Waals surface area (Å²) in [7, 11) is 0. The number of rotatable bonds is 5. The molecule has 106 valence electrons. The van der Waals surface area contributed by atoms with Gasteiger partial charge in [-0.05, 0) is 43.0 Å². The topological polar surface area (TPSA) is 45.5 Å². The molecule has 5 heteroatoms. The van der Waals surface area contributed by atoms with E-state index < -0.39 is 0 Å². The van der Waals surface area contributed by atoms with Crippen molar-refractivity contribution in [3.8, 4) is 0 Å². The molecule has 0 spiro atoms. The number of thiophene rings is 1. The molecule has 0 unspecified atom stereocenters. The highest BCUT2D eigenvalue weighted by molar-refractivity contribution is 7.09. The van der Waals surface area contributed by atoms with Crippen molar-refractivity contribution in [2.24, 2.45) is 0 Å². The molecule has 3 heterocycles. The maximum absolute atomic E-state index is 12.6. The number of hydrogen-bond donors (Lipinski definition) is 1. The van der Waals surface area contributed by atoms with E-state index in [1.807, 2.05) is 28.5 Å². The number of nitrogens with one attached hydrogen (secondary N) is 1. The molecule has 1 fully saturated rings. The first-order valence-corrected chi connectivity index (χ1v) is 7.78. The second kappa shape index (κ2) is 6.24. The zero-order valence-corrected chi connectivity index (χ0v) is 12.1. The highest BCUT2D eigenvalue weighted by Crippen LogP contribution is 2.18. The lowest BCUT2D eigenvalue weighted by atomic mass is 10.2. The zero-order valence-electron chi connectivity index (χ0n) is 11.2. The maximum Gasteiger partial charge on any atom is 0.240 e. The summed E-state index contributed by atoms with van der Waals surface area (Å²) >= 11 is 1.68. The Morgan fingerprint density at radius 1 is 1.40 bits per heavy atom. The predicted molar refractivity (Wildman–Crippen MR) is 78.3 cm³/mol. The summed E-state index contributed by atoms with van der Waals surface area (Å²) in [6.45, 7) is 2.11. The second-order valence-electron chi connectivity index (χ2n) is 5.00. The number of carbonyl (C=O) groups excluding carboxylic acids is 1. The third kappa shape index (κ3) is 3.11. The smallest absolute Gasteiger partial charge is 0.240 e. The fourth-order valence-corrected chi connectivity index (χ4v) is 3.23. The Bertz CT molecular complexity index is 494. The minimum atomic E-state index is -0.0371. The van der Waals surface area contributed by atoms with Gasteiger partial charge < -0.3 is 14.6 Å². The highest BCUT2D eigenvalue weighted by Gasteiger charge is 2.27. The van der Waals surface area contributed by atoms with E-state index in [1.165, 1.54) is 4.88 Å². The normalized spacial score (nSPS) is 18.3. The average molecular weight is 290 g/mol. The van der Waals surface area contributed by atoms with Crippen LogP contribution in [0.15, 0.2) is 40.3 Å². The van der Waals surface area contributed by atoms with Gasteiger partial charge in [0.2, 0.25) is 5.91 Å². The molecule has 1 aliphatic rings. The fourth-order valence-electron chi connectivity index (χ4n) is 2.51. The van der Waals surface area contributed by atoms with E-state index in [4.69, 9.17) is 4.42 Å². The molecule has 1 saturated heterocycles. The Kier molecular flexibility index (Phi) is 4.18. The van der Waals surface area contributed by atoms with Crippen LogP contribution in [0, 0.1) is 0 Å². The van der Waals surface area contributed by atoms with E-state index in [2.05, 4.69) is 11.4 Å². The summed E-state index contributed by atoms with van der Waals surface area (Å²) in [5.41, 5.74) is 0. The molecule has 1 N–H and O–H groups in total. The van der Waals surface area contributed by atoms with Crippen LogP contribution in [-0.2, 0) is 17.9 Å². The molecule has 0 bridgehead atoms. The summed E-state index contributed by atoms with van der Waals surface area (Å²) in [6.07, 6.45) is 3.65. The number of amides is 1. The van der Waals surface area contributed by atoms with Crippen molar-refractivity contribution in [2.45, 2.75) is 32.0 Å². The molecule has 3 rings (SSSR count). The Labute approximate surface area is 122 Å². The largest absolute Gasteiger partial charge is 0.467 e. The van der Waals surface area contributed by atoms with E-state index in [0.29, 0.717) is 13.1 Å². The van der Waals surface area contributed by atoms with Crippen LogP contribution in [0.3, 0.4) is 0 Å². The van der Waals surface area contributed by atoms with Gasteiger partial charge in [-0.1, -0.05) is 6.07 Å². The summed E-state index contributed by atoms with van der Waals surface area (Å²) in [4.78, 5) is 15.7. The summed E-state index contributed by atoms with van der Waals surface area (Å²) in [6, 6.07) is 7.82. The van der Waals surface area contributed by atoms with E-state index in [-0.39, 0.29) is 11.9 Å². The average Bonchev–Trinajstić information content (AvgIpc) is 3.20. The Hall–Kier alpha value is -1.59. The Morgan fingerprint density at radius 2 is 2.35 bits per heavy atom. The van der Waals surface area contributed by atoms with Crippen LogP contribution in [0.25, 0.3) is 0 Å². The summed E-state index contributed by atoms with van der Waals surface area (Å²) in [5, 5.41) is 5.32. The van der Waals surface area contributed by atoms with Gasteiger partial charge in [0.05, 0.1) is 25.4 Å². The van der Waals surface area contributed by atoms with E-state index in [9.17, 15) is 4.79 Å². The van der Waals surface area contributed by atoms with Crippen molar-refractivity contribution in [2.75, 3.05) is 6.54 Å². The number of furan rings is 1. The van der Waals surface area contributed by atoms with Crippen LogP contribution in [0.1, 0.15) is 23.5 Å². The van der Waals surface area contributed by atoms with Gasteiger partial charge in [-0.15, -0.1) is 11.3 Å². The van der Waals surface area contributed by atoms with Gasteiger partial charge in [0.15, 0.2) is 0 Å². The number of hydrogen-bond acceptors (Lipinski definition) is 4. The molecule has 0 aliphatic carbocycles. The third-order valence-corrected chi connectivity index (χ3v) is 4.38. The highest BCUT2D eigenvalue weighted by atomic mass is 32.1. The van der Waals surface area contributed by atoms with E-state index >= 15 is 0 Å². The van der Waals surface area contributed by atoms with Gasteiger partial charge in [-0.25, -0.2) is 0 Å². The molecule has 4 nitrogen and oxygen atoms in total. The van der Waals surface area contributed by atoms with Gasteiger partial charge in [-0.3, -0.25) is 4.79 Å². The molecule has 2 aromatic rings. The molecule has 0 radical (unpaired) electrons. The molecule has 1 atom stereocenters. The van der Waals surface area contributed by atoms with Crippen molar-refractivity contribution >= 4 is 17.2 Å². The molecule has 0 aromatic carbocycles. The molecule has 1 amide bonds. The van der Waals surface area contributed by atoms with E-state index in [1.54, 1.807) is 17.6 Å². The van der Waals surface area contributed by atoms with Gasteiger partial charge in [0, 0.05) is 4.88 Å². The Morgan fingerprint density at radius 3 is 3.00 bits per heavy atom. The lowest BCUT2D eigenvalue weighted by molar-refractivity contribution is -0.134. The first kappa shape index (κ1) is 13.4. The monoisotopic (exact) mass is 290 g/mol. The van der Waals surface area contributed by atoms with Gasteiger partial charge >= 0.3 is 0 Å². The lowest BCUT2D eigenvalue weighted by Gasteiger charge is -2.24. The van der Waals surface area contributed by atoms with Gasteiger partial charge in [-0.2, -0.15) is 0 Å².